The van der Waals surface area contributed by atoms with Gasteiger partial charge in [-0.15, -0.1) is 0 Å². The minimum Gasteiger partial charge on any atom is -0.278 e. The van der Waals surface area contributed by atoms with Crippen molar-refractivity contribution in [1.29, 1.82) is 0 Å². The van der Waals surface area contributed by atoms with Gasteiger partial charge in [0.2, 0.25) is 0 Å². The number of benzene rings is 1. The standard InChI is InChI=1S/C11H14N2/c1-11(2,3)10-8-6-4-5-7-9(8)12-13-10/h4-7H,1-3H3,(H,12,13). The highest BCUT2D eigenvalue weighted by Gasteiger charge is 2.19. The summed E-state index contributed by atoms with van der Waals surface area (Å²) in [7, 11) is 0. The zero-order valence-electron chi connectivity index (χ0n) is 8.26. The fraction of sp³-hybridized carbons (Fsp3) is 0.364. The van der Waals surface area contributed by atoms with Crippen molar-refractivity contribution in [3.05, 3.63) is 30.0 Å². The number of rotatable bonds is 0. The van der Waals surface area contributed by atoms with Crippen molar-refractivity contribution in [2.45, 2.75) is 26.2 Å². The van der Waals surface area contributed by atoms with E-state index in [-0.39, 0.29) is 5.41 Å². The molecular formula is C11H14N2. The van der Waals surface area contributed by atoms with Crippen molar-refractivity contribution in [1.82, 2.24) is 10.2 Å². The van der Waals surface area contributed by atoms with Crippen LogP contribution in [0.5, 0.6) is 0 Å². The number of hydrogen-bond donors (Lipinski definition) is 1. The van der Waals surface area contributed by atoms with Crippen LogP contribution >= 0.6 is 0 Å². The number of para-hydroxylation sites is 1. The first-order chi connectivity index (χ1) is 6.09. The Labute approximate surface area is 78.0 Å². The molecule has 0 radical (unpaired) electrons. The van der Waals surface area contributed by atoms with Crippen LogP contribution in [0.2, 0.25) is 0 Å². The summed E-state index contributed by atoms with van der Waals surface area (Å²) in [4.78, 5) is 0. The molecule has 0 aliphatic rings. The van der Waals surface area contributed by atoms with E-state index in [4.69, 9.17) is 0 Å². The molecule has 0 aliphatic heterocycles. The summed E-state index contributed by atoms with van der Waals surface area (Å²) in [6, 6.07) is 8.23. The second-order valence-electron chi connectivity index (χ2n) is 4.37. The van der Waals surface area contributed by atoms with E-state index in [1.54, 1.807) is 0 Å². The summed E-state index contributed by atoms with van der Waals surface area (Å²) in [5.74, 6) is 0. The molecule has 0 atom stereocenters. The predicted molar refractivity (Wildman–Crippen MR) is 54.8 cm³/mol. The molecule has 0 aliphatic carbocycles. The van der Waals surface area contributed by atoms with Gasteiger partial charge in [-0.25, -0.2) is 0 Å². The first kappa shape index (κ1) is 8.30. The maximum atomic E-state index is 4.34. The summed E-state index contributed by atoms with van der Waals surface area (Å²) >= 11 is 0. The van der Waals surface area contributed by atoms with Crippen molar-refractivity contribution in [3.63, 3.8) is 0 Å². The zero-order valence-corrected chi connectivity index (χ0v) is 8.26. The van der Waals surface area contributed by atoms with Gasteiger partial charge in [-0.2, -0.15) is 5.10 Å². The van der Waals surface area contributed by atoms with Crippen molar-refractivity contribution < 1.29 is 0 Å². The fourth-order valence-electron chi connectivity index (χ4n) is 1.54. The molecule has 1 N–H and O–H groups in total. The quantitative estimate of drug-likeness (QED) is 0.653. The van der Waals surface area contributed by atoms with Crippen LogP contribution in [0.25, 0.3) is 10.9 Å². The number of nitrogens with zero attached hydrogens (tertiary/aromatic N) is 1. The molecule has 0 spiro atoms. The Hall–Kier alpha value is -1.31. The maximum absolute atomic E-state index is 4.34. The third kappa shape index (κ3) is 1.32. The molecule has 0 saturated heterocycles. The molecule has 1 heterocycles. The highest BCUT2D eigenvalue weighted by molar-refractivity contribution is 5.82. The smallest absolute Gasteiger partial charge is 0.0754 e. The van der Waals surface area contributed by atoms with Crippen LogP contribution in [0.15, 0.2) is 24.3 Å². The molecule has 68 valence electrons. The molecule has 0 amide bonds. The van der Waals surface area contributed by atoms with E-state index in [0.29, 0.717) is 0 Å². The van der Waals surface area contributed by atoms with Gasteiger partial charge in [0.05, 0.1) is 11.2 Å². The van der Waals surface area contributed by atoms with Gasteiger partial charge in [0.1, 0.15) is 0 Å². The van der Waals surface area contributed by atoms with Gasteiger partial charge >= 0.3 is 0 Å². The molecule has 0 fully saturated rings. The molecule has 2 nitrogen and oxygen atoms in total. The average Bonchev–Trinajstić information content (AvgIpc) is 2.45. The highest BCUT2D eigenvalue weighted by Crippen LogP contribution is 2.26. The molecule has 0 unspecified atom stereocenters. The number of aromatic nitrogens is 2. The Bertz CT molecular complexity index is 421. The van der Waals surface area contributed by atoms with E-state index >= 15 is 0 Å². The van der Waals surface area contributed by atoms with E-state index in [1.807, 2.05) is 12.1 Å². The summed E-state index contributed by atoms with van der Waals surface area (Å²) in [6.07, 6.45) is 0. The molecule has 2 heteroatoms. The first-order valence-corrected chi connectivity index (χ1v) is 4.52. The minimum atomic E-state index is 0.111. The van der Waals surface area contributed by atoms with Gasteiger partial charge in [0.15, 0.2) is 0 Å². The monoisotopic (exact) mass is 174 g/mol. The topological polar surface area (TPSA) is 28.7 Å². The molecular weight excluding hydrogens is 160 g/mol. The van der Waals surface area contributed by atoms with Gasteiger partial charge in [-0.05, 0) is 6.07 Å². The number of aromatic amines is 1. The van der Waals surface area contributed by atoms with E-state index in [1.165, 1.54) is 5.39 Å². The fourth-order valence-corrected chi connectivity index (χ4v) is 1.54. The van der Waals surface area contributed by atoms with Gasteiger partial charge < -0.3 is 0 Å². The summed E-state index contributed by atoms with van der Waals surface area (Å²) < 4.78 is 0. The molecule has 2 rings (SSSR count). The number of H-pyrrole nitrogens is 1. The van der Waals surface area contributed by atoms with Crippen LogP contribution < -0.4 is 0 Å². The summed E-state index contributed by atoms with van der Waals surface area (Å²) in [5.41, 5.74) is 2.37. The lowest BCUT2D eigenvalue weighted by Crippen LogP contribution is -2.11. The lowest BCUT2D eigenvalue weighted by Gasteiger charge is -2.15. The summed E-state index contributed by atoms with van der Waals surface area (Å²) in [5, 5.41) is 8.62. The average molecular weight is 174 g/mol. The molecule has 0 saturated carbocycles. The van der Waals surface area contributed by atoms with E-state index in [0.717, 1.165) is 11.2 Å². The first-order valence-electron chi connectivity index (χ1n) is 4.52. The highest BCUT2D eigenvalue weighted by atomic mass is 15.1. The largest absolute Gasteiger partial charge is 0.278 e. The van der Waals surface area contributed by atoms with Crippen LogP contribution in [-0.4, -0.2) is 10.2 Å². The second-order valence-corrected chi connectivity index (χ2v) is 4.37. The number of nitrogens with one attached hydrogen (secondary N) is 1. The van der Waals surface area contributed by atoms with Crippen LogP contribution in [0.1, 0.15) is 26.5 Å². The Morgan fingerprint density at radius 2 is 1.85 bits per heavy atom. The Morgan fingerprint density at radius 1 is 1.15 bits per heavy atom. The SMILES string of the molecule is CC(C)(C)c1n[nH]c2ccccc12. The van der Waals surface area contributed by atoms with E-state index < -0.39 is 0 Å². The van der Waals surface area contributed by atoms with Crippen molar-refractivity contribution in [3.8, 4) is 0 Å². The molecule has 0 bridgehead atoms. The normalized spacial score (nSPS) is 12.2. The zero-order chi connectivity index (χ0) is 9.47. The lowest BCUT2D eigenvalue weighted by molar-refractivity contribution is 0.571. The predicted octanol–water partition coefficient (Wildman–Crippen LogP) is 2.86. The second kappa shape index (κ2) is 2.59. The summed E-state index contributed by atoms with van der Waals surface area (Å²) in [6.45, 7) is 6.53. The van der Waals surface area contributed by atoms with Crippen LogP contribution in [-0.2, 0) is 5.41 Å². The molecule has 2 aromatic rings. The van der Waals surface area contributed by atoms with Crippen molar-refractivity contribution >= 4 is 10.9 Å². The van der Waals surface area contributed by atoms with Gasteiger partial charge in [0.25, 0.3) is 0 Å². The Morgan fingerprint density at radius 3 is 2.54 bits per heavy atom. The molecule has 13 heavy (non-hydrogen) atoms. The van der Waals surface area contributed by atoms with Crippen LogP contribution in [0.4, 0.5) is 0 Å². The van der Waals surface area contributed by atoms with Crippen molar-refractivity contribution in [2.75, 3.05) is 0 Å². The third-order valence-corrected chi connectivity index (χ3v) is 2.18. The Kier molecular flexibility index (Phi) is 1.65. The van der Waals surface area contributed by atoms with E-state index in [9.17, 15) is 0 Å². The number of hydrogen-bond acceptors (Lipinski definition) is 1. The number of fused-ring (bicyclic) bond motifs is 1. The van der Waals surface area contributed by atoms with Gasteiger partial charge in [-0.1, -0.05) is 39.0 Å². The Balaban J connectivity index is 2.72. The van der Waals surface area contributed by atoms with Crippen LogP contribution in [0, 0.1) is 0 Å². The maximum Gasteiger partial charge on any atom is 0.0754 e. The van der Waals surface area contributed by atoms with Crippen LogP contribution in [0.3, 0.4) is 0 Å². The third-order valence-electron chi connectivity index (χ3n) is 2.18. The van der Waals surface area contributed by atoms with Gasteiger partial charge in [-0.3, -0.25) is 5.10 Å². The lowest BCUT2D eigenvalue weighted by atomic mass is 9.90. The van der Waals surface area contributed by atoms with Gasteiger partial charge in [0, 0.05) is 10.8 Å². The van der Waals surface area contributed by atoms with Crippen molar-refractivity contribution in [2.24, 2.45) is 0 Å². The molecule has 1 aromatic carbocycles. The minimum absolute atomic E-state index is 0.111. The molecule has 1 aromatic heterocycles. The van der Waals surface area contributed by atoms with E-state index in [2.05, 4.69) is 43.1 Å².